The molecule has 174 valence electrons. The van der Waals surface area contributed by atoms with Crippen molar-refractivity contribution < 1.29 is 18.0 Å². The van der Waals surface area contributed by atoms with Crippen molar-refractivity contribution in [3.8, 4) is 5.82 Å². The fraction of sp³-hybridized carbons (Fsp3) is 0.333. The van der Waals surface area contributed by atoms with E-state index in [1.54, 1.807) is 29.3 Å². The van der Waals surface area contributed by atoms with Crippen LogP contribution in [0.15, 0.2) is 30.6 Å². The summed E-state index contributed by atoms with van der Waals surface area (Å²) in [7, 11) is -2.71. The molecule has 0 saturated carbocycles. The predicted molar refractivity (Wildman–Crippen MR) is 124 cm³/mol. The molecule has 0 spiro atoms. The van der Waals surface area contributed by atoms with Crippen molar-refractivity contribution in [2.45, 2.75) is 26.2 Å². The molecular formula is C21H23ClN6O4S. The molecule has 3 aromatic rings. The summed E-state index contributed by atoms with van der Waals surface area (Å²) in [6, 6.07) is 3.65. The molecule has 4 rings (SSSR count). The maximum absolute atomic E-state index is 12.4. The molecule has 0 unspecified atom stereocenters. The highest BCUT2D eigenvalue weighted by Gasteiger charge is 2.30. The molecule has 1 aliphatic heterocycles. The normalized spacial score (nSPS) is 14.8. The van der Waals surface area contributed by atoms with E-state index in [4.69, 9.17) is 11.6 Å². The Labute approximate surface area is 195 Å². The molecule has 1 N–H and O–H groups in total. The Kier molecular flexibility index (Phi) is 6.26. The summed E-state index contributed by atoms with van der Waals surface area (Å²) in [5.41, 5.74) is 1.87. The Bertz CT molecular complexity index is 1370. The first-order chi connectivity index (χ1) is 15.7. The SMILES string of the molecule is Cc1nn(C)c(-n2ccc3cc(Cl)cnc32)c1/C=C/C(=O)NS(=O)(=O)C(=O)N1CCCCC1. The van der Waals surface area contributed by atoms with E-state index in [2.05, 4.69) is 10.1 Å². The number of hydrogen-bond acceptors (Lipinski definition) is 6. The van der Waals surface area contributed by atoms with Gasteiger partial charge < -0.3 is 4.90 Å². The number of aryl methyl sites for hydroxylation is 2. The number of rotatable bonds is 3. The highest BCUT2D eigenvalue weighted by atomic mass is 35.5. The average Bonchev–Trinajstić information content (AvgIpc) is 3.30. The number of piperidine rings is 1. The number of nitrogens with one attached hydrogen (secondary N) is 1. The lowest BCUT2D eigenvalue weighted by atomic mass is 10.1. The van der Waals surface area contributed by atoms with Crippen molar-refractivity contribution >= 4 is 49.9 Å². The highest BCUT2D eigenvalue weighted by Crippen LogP contribution is 2.25. The predicted octanol–water partition coefficient (Wildman–Crippen LogP) is 2.79. The molecule has 1 aliphatic rings. The Morgan fingerprint density at radius 2 is 1.94 bits per heavy atom. The molecule has 0 aromatic carbocycles. The molecule has 3 aromatic heterocycles. The number of fused-ring (bicyclic) bond motifs is 1. The molecule has 0 atom stereocenters. The lowest BCUT2D eigenvalue weighted by Gasteiger charge is -2.25. The fourth-order valence-corrected chi connectivity index (χ4v) is 5.04. The summed E-state index contributed by atoms with van der Waals surface area (Å²) < 4.78 is 30.0. The molecule has 12 heteroatoms. The minimum absolute atomic E-state index is 0.367. The molecule has 10 nitrogen and oxygen atoms in total. The lowest BCUT2D eigenvalue weighted by molar-refractivity contribution is -0.114. The van der Waals surface area contributed by atoms with E-state index < -0.39 is 21.2 Å². The van der Waals surface area contributed by atoms with Crippen molar-refractivity contribution in [2.24, 2.45) is 7.05 Å². The smallest absolute Gasteiger partial charge is 0.328 e. The summed E-state index contributed by atoms with van der Waals surface area (Å²) in [5, 5.41) is 4.68. The third-order valence-electron chi connectivity index (χ3n) is 5.44. The van der Waals surface area contributed by atoms with Crippen LogP contribution in [0.3, 0.4) is 0 Å². The van der Waals surface area contributed by atoms with E-state index in [9.17, 15) is 18.0 Å². The molecule has 2 amide bonds. The van der Waals surface area contributed by atoms with E-state index in [-0.39, 0.29) is 0 Å². The lowest BCUT2D eigenvalue weighted by Crippen LogP contribution is -2.45. The van der Waals surface area contributed by atoms with Crippen LogP contribution in [0, 0.1) is 6.92 Å². The van der Waals surface area contributed by atoms with Crippen LogP contribution in [0.4, 0.5) is 4.79 Å². The molecule has 1 fully saturated rings. The summed E-state index contributed by atoms with van der Waals surface area (Å²) in [4.78, 5) is 30.3. The zero-order valence-electron chi connectivity index (χ0n) is 18.2. The van der Waals surface area contributed by atoms with Crippen LogP contribution in [-0.4, -0.2) is 56.9 Å². The number of carbonyl (C=O) groups excluding carboxylic acids is 2. The topological polar surface area (TPSA) is 119 Å². The first kappa shape index (κ1) is 23.0. The molecule has 1 saturated heterocycles. The second kappa shape index (κ2) is 8.99. The third-order valence-corrected chi connectivity index (χ3v) is 6.83. The van der Waals surface area contributed by atoms with Gasteiger partial charge in [-0.1, -0.05) is 11.6 Å². The van der Waals surface area contributed by atoms with Crippen LogP contribution in [0.2, 0.25) is 5.02 Å². The second-order valence-corrected chi connectivity index (χ2v) is 9.81. The summed E-state index contributed by atoms with van der Waals surface area (Å²) in [5.74, 6) is -0.287. The van der Waals surface area contributed by atoms with Gasteiger partial charge in [-0.05, 0) is 44.4 Å². The van der Waals surface area contributed by atoms with Gasteiger partial charge in [0.25, 0.3) is 5.91 Å². The van der Waals surface area contributed by atoms with Gasteiger partial charge in [-0.3, -0.25) is 18.8 Å². The third kappa shape index (κ3) is 4.64. The number of sulfonamides is 1. The van der Waals surface area contributed by atoms with Gasteiger partial charge in [0.2, 0.25) is 0 Å². The minimum atomic E-state index is -4.47. The molecule has 0 radical (unpaired) electrons. The number of aromatic nitrogens is 4. The van der Waals surface area contributed by atoms with Crippen molar-refractivity contribution in [3.63, 3.8) is 0 Å². The molecule has 33 heavy (non-hydrogen) atoms. The fourth-order valence-electron chi connectivity index (χ4n) is 3.93. The summed E-state index contributed by atoms with van der Waals surface area (Å²) in [6.45, 7) is 2.51. The molecule has 4 heterocycles. The largest absolute Gasteiger partial charge is 0.359 e. The first-order valence-electron chi connectivity index (χ1n) is 10.4. The van der Waals surface area contributed by atoms with Gasteiger partial charge in [0, 0.05) is 49.6 Å². The van der Waals surface area contributed by atoms with Crippen LogP contribution < -0.4 is 4.72 Å². The standard InChI is InChI=1S/C21H23ClN6O4S/c1-14-17(6-7-18(29)25-33(31,32)21(30)27-9-4-3-5-10-27)20(26(2)24-14)28-11-8-15-12-16(22)13-23-19(15)28/h6-8,11-13H,3-5,9-10H2,1-2H3,(H,25,29)/b7-6+. The zero-order chi connectivity index (χ0) is 23.8. The Morgan fingerprint density at radius 1 is 1.21 bits per heavy atom. The number of carbonyl (C=O) groups is 2. The van der Waals surface area contributed by atoms with E-state index >= 15 is 0 Å². The zero-order valence-corrected chi connectivity index (χ0v) is 19.7. The monoisotopic (exact) mass is 490 g/mol. The van der Waals surface area contributed by atoms with Gasteiger partial charge in [-0.2, -0.15) is 13.5 Å². The number of nitrogens with zero attached hydrogens (tertiary/aromatic N) is 5. The van der Waals surface area contributed by atoms with E-state index in [0.29, 0.717) is 40.8 Å². The van der Waals surface area contributed by atoms with Crippen LogP contribution in [-0.2, 0) is 21.9 Å². The summed E-state index contributed by atoms with van der Waals surface area (Å²) >= 11 is 6.03. The first-order valence-corrected chi connectivity index (χ1v) is 12.2. The minimum Gasteiger partial charge on any atom is -0.328 e. The summed E-state index contributed by atoms with van der Waals surface area (Å²) in [6.07, 6.45) is 8.33. The number of amides is 2. The van der Waals surface area contributed by atoms with Gasteiger partial charge in [-0.15, -0.1) is 0 Å². The number of pyridine rings is 1. The van der Waals surface area contributed by atoms with Gasteiger partial charge in [-0.25, -0.2) is 9.71 Å². The van der Waals surface area contributed by atoms with Crippen LogP contribution in [0.25, 0.3) is 22.9 Å². The second-order valence-electron chi connectivity index (χ2n) is 7.82. The van der Waals surface area contributed by atoms with Crippen LogP contribution >= 0.6 is 11.6 Å². The molecule has 0 bridgehead atoms. The Morgan fingerprint density at radius 3 is 2.67 bits per heavy atom. The van der Waals surface area contributed by atoms with Gasteiger partial charge in [0.15, 0.2) is 0 Å². The maximum atomic E-state index is 12.4. The van der Waals surface area contributed by atoms with Crippen molar-refractivity contribution in [3.05, 3.63) is 46.9 Å². The van der Waals surface area contributed by atoms with Gasteiger partial charge in [0.05, 0.1) is 10.7 Å². The van der Waals surface area contributed by atoms with E-state index in [1.807, 2.05) is 17.0 Å². The number of hydrogen-bond donors (Lipinski definition) is 1. The van der Waals surface area contributed by atoms with Gasteiger partial charge in [0.1, 0.15) is 11.5 Å². The van der Waals surface area contributed by atoms with Gasteiger partial charge >= 0.3 is 15.3 Å². The van der Waals surface area contributed by atoms with Crippen molar-refractivity contribution in [2.75, 3.05) is 13.1 Å². The quantitative estimate of drug-likeness (QED) is 0.564. The Balaban J connectivity index is 1.58. The number of halogens is 1. The maximum Gasteiger partial charge on any atom is 0.359 e. The number of likely N-dealkylation sites (tertiary alicyclic amines) is 1. The molecular weight excluding hydrogens is 468 g/mol. The van der Waals surface area contributed by atoms with Crippen molar-refractivity contribution in [1.82, 2.24) is 29.0 Å². The van der Waals surface area contributed by atoms with Crippen LogP contribution in [0.1, 0.15) is 30.5 Å². The van der Waals surface area contributed by atoms with Crippen LogP contribution in [0.5, 0.6) is 0 Å². The van der Waals surface area contributed by atoms with E-state index in [1.165, 1.54) is 17.2 Å². The molecule has 0 aliphatic carbocycles. The Hall–Kier alpha value is -3.18. The van der Waals surface area contributed by atoms with E-state index in [0.717, 1.165) is 30.7 Å². The van der Waals surface area contributed by atoms with Crippen molar-refractivity contribution in [1.29, 1.82) is 0 Å². The highest BCUT2D eigenvalue weighted by molar-refractivity contribution is 8.04. The average molecular weight is 491 g/mol.